The van der Waals surface area contributed by atoms with Gasteiger partial charge >= 0.3 is 0 Å². The molecule has 2 heteroatoms. The van der Waals surface area contributed by atoms with Gasteiger partial charge in [-0.2, -0.15) is 0 Å². The molecule has 2 rings (SSSR count). The van der Waals surface area contributed by atoms with Gasteiger partial charge in [-0.05, 0) is 25.0 Å². The molecule has 15 heavy (non-hydrogen) atoms. The van der Waals surface area contributed by atoms with Crippen LogP contribution < -0.4 is 0 Å². The minimum Gasteiger partial charge on any atom is -0.472 e. The van der Waals surface area contributed by atoms with Crippen LogP contribution in [-0.2, 0) is 4.74 Å². The average Bonchev–Trinajstić information content (AvgIpc) is 2.73. The van der Waals surface area contributed by atoms with Crippen molar-refractivity contribution in [3.63, 3.8) is 0 Å². The molecular weight excluding hydrogens is 186 g/mol. The Bertz CT molecular complexity index is 345. The van der Waals surface area contributed by atoms with Crippen LogP contribution >= 0.6 is 0 Å². The van der Waals surface area contributed by atoms with Gasteiger partial charge in [-0.1, -0.05) is 32.0 Å². The Morgan fingerprint density at radius 2 is 1.87 bits per heavy atom. The molecule has 0 saturated carbocycles. The van der Waals surface area contributed by atoms with Crippen molar-refractivity contribution in [1.29, 1.82) is 0 Å². The molecule has 0 bridgehead atoms. The molecule has 0 spiro atoms. The lowest BCUT2D eigenvalue weighted by atomic mass is 10.1. The molecule has 1 aliphatic heterocycles. The van der Waals surface area contributed by atoms with E-state index in [0.717, 1.165) is 24.3 Å². The summed E-state index contributed by atoms with van der Waals surface area (Å²) < 4.78 is 5.85. The van der Waals surface area contributed by atoms with Crippen LogP contribution in [0.4, 0.5) is 0 Å². The zero-order valence-electron chi connectivity index (χ0n) is 9.31. The lowest BCUT2D eigenvalue weighted by Crippen LogP contribution is -2.20. The Morgan fingerprint density at radius 1 is 1.13 bits per heavy atom. The Hall–Kier alpha value is -1.31. The van der Waals surface area contributed by atoms with Crippen molar-refractivity contribution in [2.24, 2.45) is 4.99 Å². The predicted octanol–water partition coefficient (Wildman–Crippen LogP) is 3.02. The van der Waals surface area contributed by atoms with Crippen LogP contribution in [0, 0.1) is 0 Å². The van der Waals surface area contributed by atoms with E-state index in [1.165, 1.54) is 0 Å². The van der Waals surface area contributed by atoms with Gasteiger partial charge in [0.05, 0.1) is 6.04 Å². The van der Waals surface area contributed by atoms with Gasteiger partial charge in [0.1, 0.15) is 6.10 Å². The summed E-state index contributed by atoms with van der Waals surface area (Å²) in [7, 11) is 0. The quantitative estimate of drug-likeness (QED) is 0.740. The minimum absolute atomic E-state index is 0.269. The first kappa shape index (κ1) is 10.2. The summed E-state index contributed by atoms with van der Waals surface area (Å²) >= 11 is 0. The van der Waals surface area contributed by atoms with E-state index >= 15 is 0 Å². The molecule has 1 aromatic carbocycles. The fourth-order valence-corrected chi connectivity index (χ4v) is 1.92. The molecule has 0 unspecified atom stereocenters. The number of ether oxygens (including phenoxy) is 1. The maximum Gasteiger partial charge on any atom is 0.216 e. The van der Waals surface area contributed by atoms with Crippen LogP contribution in [0.15, 0.2) is 35.3 Å². The molecule has 0 radical (unpaired) electrons. The van der Waals surface area contributed by atoms with Gasteiger partial charge in [0, 0.05) is 5.56 Å². The van der Waals surface area contributed by atoms with E-state index in [-0.39, 0.29) is 6.10 Å². The third-order valence-electron chi connectivity index (χ3n) is 2.82. The Morgan fingerprint density at radius 3 is 2.40 bits per heavy atom. The molecule has 2 nitrogen and oxygen atoms in total. The minimum atomic E-state index is 0.269. The van der Waals surface area contributed by atoms with Crippen molar-refractivity contribution in [1.82, 2.24) is 0 Å². The highest BCUT2D eigenvalue weighted by atomic mass is 16.5. The van der Waals surface area contributed by atoms with E-state index in [1.807, 2.05) is 30.3 Å². The fourth-order valence-electron chi connectivity index (χ4n) is 1.92. The van der Waals surface area contributed by atoms with Gasteiger partial charge in [-0.25, -0.2) is 4.99 Å². The molecule has 2 atom stereocenters. The van der Waals surface area contributed by atoms with E-state index in [2.05, 4.69) is 18.8 Å². The monoisotopic (exact) mass is 203 g/mol. The van der Waals surface area contributed by atoms with Gasteiger partial charge in [0.25, 0.3) is 0 Å². The molecule has 0 amide bonds. The van der Waals surface area contributed by atoms with E-state index in [0.29, 0.717) is 6.04 Å². The molecule has 1 heterocycles. The van der Waals surface area contributed by atoms with Crippen LogP contribution in [0.2, 0.25) is 0 Å². The Labute approximate surface area is 91.0 Å². The second-order valence-electron chi connectivity index (χ2n) is 3.84. The highest BCUT2D eigenvalue weighted by Crippen LogP contribution is 2.22. The van der Waals surface area contributed by atoms with Crippen LogP contribution in [-0.4, -0.2) is 18.0 Å². The SMILES string of the molecule is CC[C@@H]1OC(c2ccccc2)=N[C@@H]1CC. The van der Waals surface area contributed by atoms with Gasteiger partial charge in [-0.3, -0.25) is 0 Å². The maximum atomic E-state index is 5.85. The van der Waals surface area contributed by atoms with E-state index < -0.39 is 0 Å². The molecule has 1 aliphatic rings. The number of nitrogens with zero attached hydrogens (tertiary/aromatic N) is 1. The van der Waals surface area contributed by atoms with E-state index in [4.69, 9.17) is 4.74 Å². The fraction of sp³-hybridized carbons (Fsp3) is 0.462. The van der Waals surface area contributed by atoms with Crippen molar-refractivity contribution >= 4 is 5.90 Å². The van der Waals surface area contributed by atoms with E-state index in [9.17, 15) is 0 Å². The lowest BCUT2D eigenvalue weighted by Gasteiger charge is -2.13. The zero-order valence-corrected chi connectivity index (χ0v) is 9.31. The molecule has 1 aromatic rings. The van der Waals surface area contributed by atoms with Crippen molar-refractivity contribution in [2.45, 2.75) is 38.8 Å². The zero-order chi connectivity index (χ0) is 10.7. The van der Waals surface area contributed by atoms with E-state index in [1.54, 1.807) is 0 Å². The summed E-state index contributed by atoms with van der Waals surface area (Å²) in [5.41, 5.74) is 1.09. The summed E-state index contributed by atoms with van der Waals surface area (Å²) in [5.74, 6) is 0.814. The Balaban J connectivity index is 2.19. The lowest BCUT2D eigenvalue weighted by molar-refractivity contribution is 0.185. The molecular formula is C13H17NO. The molecule has 0 saturated heterocycles. The maximum absolute atomic E-state index is 5.85. The highest BCUT2D eigenvalue weighted by Gasteiger charge is 2.28. The average molecular weight is 203 g/mol. The van der Waals surface area contributed by atoms with Crippen LogP contribution in [0.3, 0.4) is 0 Å². The summed E-state index contributed by atoms with van der Waals surface area (Å²) in [4.78, 5) is 4.62. The summed E-state index contributed by atoms with van der Waals surface area (Å²) in [6, 6.07) is 10.5. The van der Waals surface area contributed by atoms with Crippen molar-refractivity contribution in [3.05, 3.63) is 35.9 Å². The third-order valence-corrected chi connectivity index (χ3v) is 2.82. The number of hydrogen-bond acceptors (Lipinski definition) is 2. The molecule has 0 aromatic heterocycles. The first-order valence-electron chi connectivity index (χ1n) is 5.65. The van der Waals surface area contributed by atoms with Crippen molar-refractivity contribution in [2.75, 3.05) is 0 Å². The second-order valence-corrected chi connectivity index (χ2v) is 3.84. The molecule has 0 fully saturated rings. The van der Waals surface area contributed by atoms with Crippen molar-refractivity contribution < 1.29 is 4.74 Å². The third kappa shape index (κ3) is 2.04. The van der Waals surface area contributed by atoms with Gasteiger partial charge in [0.15, 0.2) is 0 Å². The summed E-state index contributed by atoms with van der Waals surface area (Å²) in [6.07, 6.45) is 2.35. The van der Waals surface area contributed by atoms with Gasteiger partial charge < -0.3 is 4.74 Å². The normalized spacial score (nSPS) is 24.8. The number of rotatable bonds is 3. The largest absolute Gasteiger partial charge is 0.472 e. The van der Waals surface area contributed by atoms with Crippen LogP contribution in [0.25, 0.3) is 0 Å². The number of hydrogen-bond donors (Lipinski definition) is 0. The summed E-state index contributed by atoms with van der Waals surface area (Å²) in [6.45, 7) is 4.31. The first-order chi connectivity index (χ1) is 7.35. The number of benzene rings is 1. The van der Waals surface area contributed by atoms with Crippen LogP contribution in [0.5, 0.6) is 0 Å². The summed E-state index contributed by atoms with van der Waals surface area (Å²) in [5, 5.41) is 0. The first-order valence-corrected chi connectivity index (χ1v) is 5.65. The molecule has 0 N–H and O–H groups in total. The standard InChI is InChI=1S/C13H17NO/c1-3-11-12(4-2)15-13(14-11)10-8-6-5-7-9-10/h5-9,11-12H,3-4H2,1-2H3/t11-,12+/m1/s1. The van der Waals surface area contributed by atoms with Gasteiger partial charge in [-0.15, -0.1) is 0 Å². The van der Waals surface area contributed by atoms with Crippen molar-refractivity contribution in [3.8, 4) is 0 Å². The number of aliphatic imine (C=N–C) groups is 1. The predicted molar refractivity (Wildman–Crippen MR) is 62.2 cm³/mol. The molecule has 0 aliphatic carbocycles. The Kier molecular flexibility index (Phi) is 3.05. The second kappa shape index (κ2) is 4.47. The molecule has 80 valence electrons. The highest BCUT2D eigenvalue weighted by molar-refractivity contribution is 5.95. The topological polar surface area (TPSA) is 21.6 Å². The van der Waals surface area contributed by atoms with Gasteiger partial charge in [0.2, 0.25) is 5.90 Å². The van der Waals surface area contributed by atoms with Crippen LogP contribution in [0.1, 0.15) is 32.3 Å². The smallest absolute Gasteiger partial charge is 0.216 e.